The van der Waals surface area contributed by atoms with Gasteiger partial charge in [-0.25, -0.2) is 4.98 Å². The summed E-state index contributed by atoms with van der Waals surface area (Å²) in [5, 5.41) is 0.541. The highest BCUT2D eigenvalue weighted by Gasteiger charge is 2.04. The largest absolute Gasteiger partial charge is 0.466 e. The van der Waals surface area contributed by atoms with Gasteiger partial charge in [-0.3, -0.25) is 4.79 Å². The fourth-order valence-corrected chi connectivity index (χ4v) is 1.58. The standard InChI is InChI=1S/C8H12N2O2S/c1-2-12-7(11)4-3-6-5-10-8(9)13-6/h5H,2-4H2,1H3,(H2,9,10). The molecule has 0 radical (unpaired) electrons. The predicted molar refractivity (Wildman–Crippen MR) is 51.5 cm³/mol. The summed E-state index contributed by atoms with van der Waals surface area (Å²) in [7, 11) is 0. The molecular weight excluding hydrogens is 188 g/mol. The van der Waals surface area contributed by atoms with Gasteiger partial charge >= 0.3 is 5.97 Å². The molecule has 2 N–H and O–H groups in total. The first kappa shape index (κ1) is 9.98. The van der Waals surface area contributed by atoms with Crippen molar-refractivity contribution in [1.82, 2.24) is 4.98 Å². The monoisotopic (exact) mass is 200 g/mol. The second-order valence-electron chi connectivity index (χ2n) is 2.47. The van der Waals surface area contributed by atoms with E-state index in [2.05, 4.69) is 4.98 Å². The Balaban J connectivity index is 2.30. The normalized spacial score (nSPS) is 9.92. The maximum atomic E-state index is 11.0. The molecule has 0 bridgehead atoms. The number of hydrogen-bond donors (Lipinski definition) is 1. The van der Waals surface area contributed by atoms with Gasteiger partial charge in [0.05, 0.1) is 13.0 Å². The minimum atomic E-state index is -0.172. The van der Waals surface area contributed by atoms with Gasteiger partial charge in [0.15, 0.2) is 5.13 Å². The zero-order valence-corrected chi connectivity index (χ0v) is 8.26. The van der Waals surface area contributed by atoms with Crippen molar-refractivity contribution in [2.75, 3.05) is 12.3 Å². The summed E-state index contributed by atoms with van der Waals surface area (Å²) in [6, 6.07) is 0. The highest BCUT2D eigenvalue weighted by molar-refractivity contribution is 7.15. The van der Waals surface area contributed by atoms with E-state index in [4.69, 9.17) is 10.5 Å². The van der Waals surface area contributed by atoms with Gasteiger partial charge in [0.25, 0.3) is 0 Å². The third-order valence-electron chi connectivity index (χ3n) is 1.45. The number of aryl methyl sites for hydroxylation is 1. The highest BCUT2D eigenvalue weighted by atomic mass is 32.1. The topological polar surface area (TPSA) is 65.2 Å². The van der Waals surface area contributed by atoms with Crippen molar-refractivity contribution in [3.8, 4) is 0 Å². The van der Waals surface area contributed by atoms with Crippen molar-refractivity contribution in [1.29, 1.82) is 0 Å². The van der Waals surface area contributed by atoms with Crippen LogP contribution in [0.3, 0.4) is 0 Å². The molecule has 13 heavy (non-hydrogen) atoms. The number of nitrogens with two attached hydrogens (primary N) is 1. The van der Waals surface area contributed by atoms with E-state index < -0.39 is 0 Å². The van der Waals surface area contributed by atoms with Crippen LogP contribution in [-0.4, -0.2) is 17.6 Å². The van der Waals surface area contributed by atoms with Gasteiger partial charge in [0.1, 0.15) is 0 Å². The molecule has 1 heterocycles. The van der Waals surface area contributed by atoms with Crippen molar-refractivity contribution >= 4 is 22.4 Å². The number of thiazole rings is 1. The number of nitrogen functional groups attached to an aromatic ring is 1. The van der Waals surface area contributed by atoms with E-state index in [1.807, 2.05) is 0 Å². The first-order valence-corrected chi connectivity index (χ1v) is 4.90. The van der Waals surface area contributed by atoms with Crippen LogP contribution in [0.4, 0.5) is 5.13 Å². The Bertz CT molecular complexity index is 285. The van der Waals surface area contributed by atoms with E-state index >= 15 is 0 Å². The molecule has 0 atom stereocenters. The van der Waals surface area contributed by atoms with Crippen molar-refractivity contribution in [3.05, 3.63) is 11.1 Å². The molecule has 0 unspecified atom stereocenters. The maximum absolute atomic E-state index is 11.0. The molecule has 4 nitrogen and oxygen atoms in total. The molecule has 5 heteroatoms. The molecular formula is C8H12N2O2S. The van der Waals surface area contributed by atoms with Crippen LogP contribution in [0, 0.1) is 0 Å². The molecule has 0 aliphatic rings. The van der Waals surface area contributed by atoms with Crippen LogP contribution in [0.15, 0.2) is 6.20 Å². The quantitative estimate of drug-likeness (QED) is 0.742. The highest BCUT2D eigenvalue weighted by Crippen LogP contribution is 2.15. The fraction of sp³-hybridized carbons (Fsp3) is 0.500. The van der Waals surface area contributed by atoms with E-state index in [-0.39, 0.29) is 5.97 Å². The van der Waals surface area contributed by atoms with Gasteiger partial charge in [0, 0.05) is 11.1 Å². The van der Waals surface area contributed by atoms with Gasteiger partial charge in [-0.15, -0.1) is 11.3 Å². The Morgan fingerprint density at radius 1 is 1.77 bits per heavy atom. The summed E-state index contributed by atoms with van der Waals surface area (Å²) >= 11 is 1.41. The summed E-state index contributed by atoms with van der Waals surface area (Å²) in [4.78, 5) is 15.9. The summed E-state index contributed by atoms with van der Waals surface area (Å²) in [5.74, 6) is -0.172. The number of anilines is 1. The van der Waals surface area contributed by atoms with Gasteiger partial charge in [-0.2, -0.15) is 0 Å². The Morgan fingerprint density at radius 3 is 3.08 bits per heavy atom. The SMILES string of the molecule is CCOC(=O)CCc1cnc(N)s1. The van der Waals surface area contributed by atoms with Crippen molar-refractivity contribution in [2.24, 2.45) is 0 Å². The number of aromatic nitrogens is 1. The minimum Gasteiger partial charge on any atom is -0.466 e. The average molecular weight is 200 g/mol. The number of esters is 1. The third-order valence-corrected chi connectivity index (χ3v) is 2.34. The van der Waals surface area contributed by atoms with Crippen LogP contribution in [0.1, 0.15) is 18.2 Å². The van der Waals surface area contributed by atoms with Crippen molar-refractivity contribution < 1.29 is 9.53 Å². The third kappa shape index (κ3) is 3.42. The van der Waals surface area contributed by atoms with Crippen LogP contribution in [-0.2, 0) is 16.0 Å². The number of nitrogens with zero attached hydrogens (tertiary/aromatic N) is 1. The Morgan fingerprint density at radius 2 is 2.54 bits per heavy atom. The lowest BCUT2D eigenvalue weighted by molar-refractivity contribution is -0.143. The molecule has 72 valence electrons. The van der Waals surface area contributed by atoms with Gasteiger partial charge in [0.2, 0.25) is 0 Å². The van der Waals surface area contributed by atoms with E-state index in [0.29, 0.717) is 24.6 Å². The van der Waals surface area contributed by atoms with Crippen LogP contribution in [0.25, 0.3) is 0 Å². The molecule has 0 amide bonds. The van der Waals surface area contributed by atoms with E-state index in [0.717, 1.165) is 4.88 Å². The van der Waals surface area contributed by atoms with Crippen LogP contribution >= 0.6 is 11.3 Å². The minimum absolute atomic E-state index is 0.172. The van der Waals surface area contributed by atoms with Crippen LogP contribution in [0.5, 0.6) is 0 Å². The zero-order chi connectivity index (χ0) is 9.68. The van der Waals surface area contributed by atoms with E-state index in [1.54, 1.807) is 13.1 Å². The summed E-state index contributed by atoms with van der Waals surface area (Å²) in [6.45, 7) is 2.23. The molecule has 0 aliphatic heterocycles. The molecule has 0 saturated carbocycles. The van der Waals surface area contributed by atoms with Gasteiger partial charge in [-0.05, 0) is 13.3 Å². The second kappa shape index (κ2) is 4.81. The van der Waals surface area contributed by atoms with Crippen molar-refractivity contribution in [3.63, 3.8) is 0 Å². The second-order valence-corrected chi connectivity index (χ2v) is 3.62. The van der Waals surface area contributed by atoms with Crippen LogP contribution < -0.4 is 5.73 Å². The molecule has 0 aromatic carbocycles. The van der Waals surface area contributed by atoms with Crippen molar-refractivity contribution in [2.45, 2.75) is 19.8 Å². The van der Waals surface area contributed by atoms with E-state index in [9.17, 15) is 4.79 Å². The zero-order valence-electron chi connectivity index (χ0n) is 7.45. The smallest absolute Gasteiger partial charge is 0.306 e. The summed E-state index contributed by atoms with van der Waals surface area (Å²) < 4.78 is 4.78. The van der Waals surface area contributed by atoms with Gasteiger partial charge < -0.3 is 10.5 Å². The fourth-order valence-electron chi connectivity index (χ4n) is 0.897. The number of ether oxygens (including phenoxy) is 1. The number of rotatable bonds is 4. The Labute approximate surface area is 80.7 Å². The van der Waals surface area contributed by atoms with Gasteiger partial charge in [-0.1, -0.05) is 0 Å². The Hall–Kier alpha value is -1.10. The lowest BCUT2D eigenvalue weighted by Gasteiger charge is -1.98. The predicted octanol–water partition coefficient (Wildman–Crippen LogP) is 1.22. The van der Waals surface area contributed by atoms with E-state index in [1.165, 1.54) is 11.3 Å². The number of carbonyl (C=O) groups is 1. The Kier molecular flexibility index (Phi) is 3.70. The first-order valence-electron chi connectivity index (χ1n) is 4.08. The average Bonchev–Trinajstić information content (AvgIpc) is 2.49. The molecule has 1 aromatic rings. The molecule has 0 fully saturated rings. The number of hydrogen-bond acceptors (Lipinski definition) is 5. The lowest BCUT2D eigenvalue weighted by Crippen LogP contribution is -2.04. The molecule has 0 aliphatic carbocycles. The molecule has 1 rings (SSSR count). The maximum Gasteiger partial charge on any atom is 0.306 e. The first-order chi connectivity index (χ1) is 6.22. The molecule has 0 saturated heterocycles. The summed E-state index contributed by atoms with van der Waals surface area (Å²) in [6.07, 6.45) is 2.75. The molecule has 0 spiro atoms. The lowest BCUT2D eigenvalue weighted by atomic mass is 10.3. The van der Waals surface area contributed by atoms with Crippen LogP contribution in [0.2, 0.25) is 0 Å². The summed E-state index contributed by atoms with van der Waals surface area (Å²) in [5.41, 5.74) is 5.43. The number of carbonyl (C=O) groups excluding carboxylic acids is 1. The molecule has 1 aromatic heterocycles.